The highest BCUT2D eigenvalue weighted by molar-refractivity contribution is 5.79. The van der Waals surface area contributed by atoms with Crippen molar-refractivity contribution in [2.45, 2.75) is 39.8 Å². The Balaban J connectivity index is 2.15. The summed E-state index contributed by atoms with van der Waals surface area (Å²) >= 11 is 0. The van der Waals surface area contributed by atoms with E-state index in [1.54, 1.807) is 12.3 Å². The van der Waals surface area contributed by atoms with Gasteiger partial charge in [0.15, 0.2) is 5.78 Å². The van der Waals surface area contributed by atoms with Gasteiger partial charge in [0.25, 0.3) is 5.56 Å². The number of ketones is 1. The minimum atomic E-state index is -0.245. The molecule has 1 saturated heterocycles. The Morgan fingerprint density at radius 3 is 2.76 bits per heavy atom. The maximum Gasteiger partial charge on any atom is 0.269 e. The van der Waals surface area contributed by atoms with E-state index in [2.05, 4.69) is 10.00 Å². The van der Waals surface area contributed by atoms with Crippen molar-refractivity contribution < 1.29 is 9.53 Å². The van der Waals surface area contributed by atoms with Gasteiger partial charge in [-0.1, -0.05) is 13.8 Å². The molecule has 2 heterocycles. The zero-order valence-corrected chi connectivity index (χ0v) is 13.1. The first-order valence-corrected chi connectivity index (χ1v) is 7.27. The molecular weight excluding hydrogens is 270 g/mol. The lowest BCUT2D eigenvalue weighted by Crippen LogP contribution is -2.48. The Hall–Kier alpha value is -1.69. The molecule has 1 aliphatic heterocycles. The smallest absolute Gasteiger partial charge is 0.269 e. The molecule has 0 saturated carbocycles. The zero-order chi connectivity index (χ0) is 15.6. The number of carbonyl (C=O) groups excluding carboxylic acids is 1. The van der Waals surface area contributed by atoms with E-state index in [0.717, 1.165) is 12.2 Å². The first kappa shape index (κ1) is 15.7. The molecule has 6 heteroatoms. The van der Waals surface area contributed by atoms with Gasteiger partial charge in [-0.3, -0.25) is 9.59 Å². The van der Waals surface area contributed by atoms with Crippen LogP contribution in [0.2, 0.25) is 0 Å². The van der Waals surface area contributed by atoms with Gasteiger partial charge in [0, 0.05) is 25.1 Å². The van der Waals surface area contributed by atoms with Gasteiger partial charge in [-0.25, -0.2) is 4.68 Å². The molecule has 0 aliphatic carbocycles. The Kier molecular flexibility index (Phi) is 4.46. The summed E-state index contributed by atoms with van der Waals surface area (Å²) in [4.78, 5) is 25.9. The number of anilines is 1. The van der Waals surface area contributed by atoms with Crippen LogP contribution < -0.4 is 10.5 Å². The average Bonchev–Trinajstić information content (AvgIpc) is 2.39. The molecule has 116 valence electrons. The molecule has 0 atom stereocenters. The molecule has 1 aliphatic rings. The van der Waals surface area contributed by atoms with Gasteiger partial charge in [-0.2, -0.15) is 5.10 Å². The number of Topliss-reactive ketones (excluding diaryl/α,β-unsaturated/α-hetero) is 1. The normalized spacial score (nSPS) is 18.0. The Labute approximate surface area is 124 Å². The molecule has 1 aromatic rings. The van der Waals surface area contributed by atoms with Crippen molar-refractivity contribution in [3.05, 3.63) is 22.6 Å². The van der Waals surface area contributed by atoms with Gasteiger partial charge in [-0.05, 0) is 13.8 Å². The van der Waals surface area contributed by atoms with Crippen LogP contribution in [0.4, 0.5) is 5.69 Å². The second-order valence-corrected chi connectivity index (χ2v) is 6.36. The molecule has 0 N–H and O–H groups in total. The minimum Gasteiger partial charge on any atom is -0.372 e. The van der Waals surface area contributed by atoms with E-state index in [9.17, 15) is 9.59 Å². The van der Waals surface area contributed by atoms with E-state index in [-0.39, 0.29) is 29.4 Å². The minimum absolute atomic E-state index is 0.00450. The van der Waals surface area contributed by atoms with Gasteiger partial charge in [0.1, 0.15) is 6.54 Å². The molecule has 6 nitrogen and oxygen atoms in total. The highest BCUT2D eigenvalue weighted by Gasteiger charge is 2.27. The first-order chi connectivity index (χ1) is 9.78. The second-order valence-electron chi connectivity index (χ2n) is 6.36. The summed E-state index contributed by atoms with van der Waals surface area (Å²) < 4.78 is 6.88. The SMILES string of the molecule is CC(C)C(=O)Cn1ncc(N2CCOC(C)(C)C2)cc1=O. The number of hydrogen-bond donors (Lipinski definition) is 0. The number of nitrogens with zero attached hydrogens (tertiary/aromatic N) is 3. The Bertz CT molecular complexity index is 578. The van der Waals surface area contributed by atoms with Crippen LogP contribution in [-0.4, -0.2) is 40.9 Å². The Morgan fingerprint density at radius 2 is 2.19 bits per heavy atom. The molecule has 0 unspecified atom stereocenters. The predicted molar refractivity (Wildman–Crippen MR) is 80.6 cm³/mol. The summed E-state index contributed by atoms with van der Waals surface area (Å²) in [6.45, 7) is 9.79. The van der Waals surface area contributed by atoms with Crippen LogP contribution in [-0.2, 0) is 16.1 Å². The largest absolute Gasteiger partial charge is 0.372 e. The predicted octanol–water partition coefficient (Wildman–Crippen LogP) is 1.08. The molecule has 1 fully saturated rings. The third kappa shape index (κ3) is 3.91. The van der Waals surface area contributed by atoms with Crippen LogP contribution in [0, 0.1) is 5.92 Å². The topological polar surface area (TPSA) is 64.4 Å². The molecule has 0 bridgehead atoms. The summed E-state index contributed by atoms with van der Waals surface area (Å²) in [7, 11) is 0. The van der Waals surface area contributed by atoms with Crippen molar-refractivity contribution in [2.75, 3.05) is 24.6 Å². The lowest BCUT2D eigenvalue weighted by Gasteiger charge is -2.39. The van der Waals surface area contributed by atoms with Crippen LogP contribution in [0.5, 0.6) is 0 Å². The monoisotopic (exact) mass is 293 g/mol. The van der Waals surface area contributed by atoms with Crippen molar-refractivity contribution in [1.29, 1.82) is 0 Å². The number of aromatic nitrogens is 2. The maximum absolute atomic E-state index is 12.1. The van der Waals surface area contributed by atoms with E-state index in [1.807, 2.05) is 27.7 Å². The van der Waals surface area contributed by atoms with Crippen LogP contribution in [0.1, 0.15) is 27.7 Å². The lowest BCUT2D eigenvalue weighted by atomic mass is 10.1. The van der Waals surface area contributed by atoms with Crippen molar-refractivity contribution in [3.8, 4) is 0 Å². The summed E-state index contributed by atoms with van der Waals surface area (Å²) in [6.07, 6.45) is 1.65. The highest BCUT2D eigenvalue weighted by atomic mass is 16.5. The van der Waals surface area contributed by atoms with Gasteiger partial charge in [-0.15, -0.1) is 0 Å². The van der Waals surface area contributed by atoms with E-state index >= 15 is 0 Å². The fourth-order valence-corrected chi connectivity index (χ4v) is 2.28. The van der Waals surface area contributed by atoms with Crippen molar-refractivity contribution in [2.24, 2.45) is 5.92 Å². The molecular formula is C15H23N3O3. The lowest BCUT2D eigenvalue weighted by molar-refractivity contribution is -0.122. The van der Waals surface area contributed by atoms with Crippen molar-refractivity contribution in [1.82, 2.24) is 9.78 Å². The first-order valence-electron chi connectivity index (χ1n) is 7.27. The van der Waals surface area contributed by atoms with Crippen LogP contribution in [0.25, 0.3) is 0 Å². The summed E-state index contributed by atoms with van der Waals surface area (Å²) in [5.74, 6) is -0.0942. The summed E-state index contributed by atoms with van der Waals surface area (Å²) in [5, 5.41) is 4.12. The third-order valence-electron chi connectivity index (χ3n) is 3.60. The molecule has 1 aromatic heterocycles. The molecule has 0 aromatic carbocycles. The molecule has 2 rings (SSSR count). The molecule has 0 radical (unpaired) electrons. The van der Waals surface area contributed by atoms with E-state index in [0.29, 0.717) is 13.2 Å². The third-order valence-corrected chi connectivity index (χ3v) is 3.60. The van der Waals surface area contributed by atoms with Crippen molar-refractivity contribution in [3.63, 3.8) is 0 Å². The van der Waals surface area contributed by atoms with Crippen molar-refractivity contribution >= 4 is 11.5 Å². The summed E-state index contributed by atoms with van der Waals surface area (Å²) in [5.41, 5.74) is 0.302. The number of hydrogen-bond acceptors (Lipinski definition) is 5. The number of ether oxygens (including phenoxy) is 1. The highest BCUT2D eigenvalue weighted by Crippen LogP contribution is 2.21. The van der Waals surface area contributed by atoms with E-state index in [4.69, 9.17) is 4.74 Å². The summed E-state index contributed by atoms with van der Waals surface area (Å²) in [6, 6.07) is 1.54. The Morgan fingerprint density at radius 1 is 1.48 bits per heavy atom. The average molecular weight is 293 g/mol. The van der Waals surface area contributed by atoms with Gasteiger partial charge >= 0.3 is 0 Å². The second kappa shape index (κ2) is 5.97. The number of morpholine rings is 1. The van der Waals surface area contributed by atoms with Crippen LogP contribution in [0.3, 0.4) is 0 Å². The number of rotatable bonds is 4. The quantitative estimate of drug-likeness (QED) is 0.831. The van der Waals surface area contributed by atoms with Gasteiger partial charge < -0.3 is 9.64 Å². The van der Waals surface area contributed by atoms with Gasteiger partial charge in [0.05, 0.1) is 24.1 Å². The maximum atomic E-state index is 12.1. The fourth-order valence-electron chi connectivity index (χ4n) is 2.28. The molecule has 21 heavy (non-hydrogen) atoms. The van der Waals surface area contributed by atoms with Crippen LogP contribution >= 0.6 is 0 Å². The van der Waals surface area contributed by atoms with E-state index < -0.39 is 0 Å². The number of carbonyl (C=O) groups is 1. The fraction of sp³-hybridized carbons (Fsp3) is 0.667. The molecule has 0 spiro atoms. The van der Waals surface area contributed by atoms with Crippen LogP contribution in [0.15, 0.2) is 17.1 Å². The van der Waals surface area contributed by atoms with E-state index in [1.165, 1.54) is 4.68 Å². The standard InChI is InChI=1S/C15H23N3O3/c1-11(2)13(19)9-18-14(20)7-12(8-16-18)17-5-6-21-15(3,4)10-17/h7-8,11H,5-6,9-10H2,1-4H3. The zero-order valence-electron chi connectivity index (χ0n) is 13.1. The van der Waals surface area contributed by atoms with Gasteiger partial charge in [0.2, 0.25) is 0 Å². The molecule has 0 amide bonds.